The van der Waals surface area contributed by atoms with E-state index >= 15 is 0 Å². The average molecular weight is 407 g/mol. The number of piperidine rings is 1. The molecular weight excluding hydrogens is 384 g/mol. The predicted octanol–water partition coefficient (Wildman–Crippen LogP) is 4.76. The molecule has 0 bridgehead atoms. The summed E-state index contributed by atoms with van der Waals surface area (Å²) in [5, 5.41) is 5.87. The van der Waals surface area contributed by atoms with Gasteiger partial charge in [0.05, 0.1) is 16.8 Å². The summed E-state index contributed by atoms with van der Waals surface area (Å²) >= 11 is 6.01. The summed E-state index contributed by atoms with van der Waals surface area (Å²) in [7, 11) is 0. The first-order valence-electron chi connectivity index (χ1n) is 9.88. The molecule has 1 aliphatic rings. The van der Waals surface area contributed by atoms with Crippen LogP contribution in [0.1, 0.15) is 30.1 Å². The van der Waals surface area contributed by atoms with Crippen LogP contribution in [0.15, 0.2) is 59.7 Å². The van der Waals surface area contributed by atoms with Crippen LogP contribution < -0.4 is 5.43 Å². The summed E-state index contributed by atoms with van der Waals surface area (Å²) in [6.45, 7) is 5.20. The number of nitrogens with zero attached hydrogens (tertiary/aromatic N) is 3. The second-order valence-corrected chi connectivity index (χ2v) is 7.57. The van der Waals surface area contributed by atoms with Crippen molar-refractivity contribution >= 4 is 34.1 Å². The van der Waals surface area contributed by atoms with Gasteiger partial charge in [-0.3, -0.25) is 4.79 Å². The highest BCUT2D eigenvalue weighted by Gasteiger charge is 2.16. The Hall–Kier alpha value is -2.76. The molecule has 2 aromatic carbocycles. The minimum absolute atomic E-state index is 0.218. The van der Waals surface area contributed by atoms with E-state index in [1.807, 2.05) is 54.6 Å². The van der Waals surface area contributed by atoms with E-state index in [9.17, 15) is 4.79 Å². The maximum absolute atomic E-state index is 13.0. The molecule has 5 nitrogen and oxygen atoms in total. The van der Waals surface area contributed by atoms with Gasteiger partial charge in [0.1, 0.15) is 0 Å². The van der Waals surface area contributed by atoms with Gasteiger partial charge in [0.25, 0.3) is 5.91 Å². The van der Waals surface area contributed by atoms with Crippen LogP contribution in [-0.2, 0) is 0 Å². The molecule has 1 amide bonds. The fraction of sp³-hybridized carbons (Fsp3) is 0.261. The summed E-state index contributed by atoms with van der Waals surface area (Å²) in [6, 6.07) is 16.9. The summed E-state index contributed by atoms with van der Waals surface area (Å²) in [6.07, 6.45) is 1.78. The number of carbonyl (C=O) groups excluding carboxylic acids is 1. The highest BCUT2D eigenvalue weighted by molar-refractivity contribution is 6.30. The maximum Gasteiger partial charge on any atom is 0.272 e. The van der Waals surface area contributed by atoms with Gasteiger partial charge in [-0.05, 0) is 30.8 Å². The second-order valence-electron chi connectivity index (χ2n) is 7.13. The Kier molecular flexibility index (Phi) is 5.88. The van der Waals surface area contributed by atoms with Gasteiger partial charge >= 0.3 is 0 Å². The molecule has 3 aromatic rings. The molecule has 1 aliphatic heterocycles. The SMILES string of the molecule is CCN1CCC(=NNC(=O)c2cc(-c3ccc(Cl)cc3)nc3ccccc23)CC1. The molecule has 0 atom stereocenters. The Bertz CT molecular complexity index is 1050. The number of hydrogen-bond acceptors (Lipinski definition) is 4. The number of para-hydroxylation sites is 1. The van der Waals surface area contributed by atoms with E-state index in [2.05, 4.69) is 22.4 Å². The number of likely N-dealkylation sites (tertiary alicyclic amines) is 1. The molecule has 0 radical (unpaired) electrons. The van der Waals surface area contributed by atoms with Crippen LogP contribution in [0.3, 0.4) is 0 Å². The van der Waals surface area contributed by atoms with Crippen LogP contribution in [-0.4, -0.2) is 41.1 Å². The van der Waals surface area contributed by atoms with Crippen LogP contribution in [0.25, 0.3) is 22.2 Å². The molecule has 2 heterocycles. The van der Waals surface area contributed by atoms with Crippen molar-refractivity contribution in [2.45, 2.75) is 19.8 Å². The fourth-order valence-electron chi connectivity index (χ4n) is 3.56. The highest BCUT2D eigenvalue weighted by Crippen LogP contribution is 2.26. The minimum Gasteiger partial charge on any atom is -0.303 e. The van der Waals surface area contributed by atoms with Crippen LogP contribution >= 0.6 is 11.6 Å². The van der Waals surface area contributed by atoms with Gasteiger partial charge in [-0.25, -0.2) is 10.4 Å². The summed E-state index contributed by atoms with van der Waals surface area (Å²) in [4.78, 5) is 20.1. The molecule has 148 valence electrons. The van der Waals surface area contributed by atoms with Crippen molar-refractivity contribution in [3.05, 3.63) is 65.2 Å². The van der Waals surface area contributed by atoms with Gasteiger partial charge in [-0.1, -0.05) is 48.9 Å². The van der Waals surface area contributed by atoms with E-state index < -0.39 is 0 Å². The lowest BCUT2D eigenvalue weighted by atomic mass is 10.0. The normalized spacial score (nSPS) is 14.8. The predicted molar refractivity (Wildman–Crippen MR) is 118 cm³/mol. The Balaban J connectivity index is 1.63. The second kappa shape index (κ2) is 8.72. The van der Waals surface area contributed by atoms with E-state index in [0.29, 0.717) is 10.6 Å². The molecule has 4 rings (SSSR count). The molecule has 29 heavy (non-hydrogen) atoms. The van der Waals surface area contributed by atoms with Crippen molar-refractivity contribution < 1.29 is 4.79 Å². The summed E-state index contributed by atoms with van der Waals surface area (Å²) in [5.74, 6) is -0.218. The molecule has 0 spiro atoms. The average Bonchev–Trinajstić information content (AvgIpc) is 2.77. The molecular formula is C23H23ClN4O. The number of rotatable bonds is 4. The number of fused-ring (bicyclic) bond motifs is 1. The van der Waals surface area contributed by atoms with Gasteiger partial charge in [-0.15, -0.1) is 0 Å². The molecule has 0 aliphatic carbocycles. The monoisotopic (exact) mass is 406 g/mol. The highest BCUT2D eigenvalue weighted by atomic mass is 35.5. The Morgan fingerprint density at radius 2 is 1.86 bits per heavy atom. The zero-order valence-corrected chi connectivity index (χ0v) is 17.1. The molecule has 6 heteroatoms. The first-order chi connectivity index (χ1) is 14.1. The number of pyridine rings is 1. The van der Waals surface area contributed by atoms with E-state index in [4.69, 9.17) is 16.6 Å². The maximum atomic E-state index is 13.0. The Morgan fingerprint density at radius 1 is 1.14 bits per heavy atom. The number of hydrazone groups is 1. The van der Waals surface area contributed by atoms with Crippen molar-refractivity contribution in [3.8, 4) is 11.3 Å². The minimum atomic E-state index is -0.218. The zero-order chi connectivity index (χ0) is 20.2. The first kappa shape index (κ1) is 19.6. The van der Waals surface area contributed by atoms with E-state index in [1.165, 1.54) is 0 Å². The number of amides is 1. The third kappa shape index (κ3) is 4.47. The number of aromatic nitrogens is 1. The van der Waals surface area contributed by atoms with Crippen molar-refractivity contribution in [2.24, 2.45) is 5.10 Å². The lowest BCUT2D eigenvalue weighted by molar-refractivity contribution is 0.0956. The number of benzene rings is 2. The van der Waals surface area contributed by atoms with Gasteiger partial charge in [-0.2, -0.15) is 5.10 Å². The van der Waals surface area contributed by atoms with Crippen LogP contribution in [0.4, 0.5) is 0 Å². The Morgan fingerprint density at radius 3 is 2.59 bits per heavy atom. The van der Waals surface area contributed by atoms with Crippen LogP contribution in [0, 0.1) is 0 Å². The number of halogens is 1. The van der Waals surface area contributed by atoms with Gasteiger partial charge in [0.2, 0.25) is 0 Å². The van der Waals surface area contributed by atoms with Crippen LogP contribution in [0.2, 0.25) is 5.02 Å². The van der Waals surface area contributed by atoms with Gasteiger partial charge in [0, 0.05) is 47.6 Å². The van der Waals surface area contributed by atoms with E-state index in [0.717, 1.165) is 60.3 Å². The quantitative estimate of drug-likeness (QED) is 0.635. The third-order valence-corrected chi connectivity index (χ3v) is 5.55. The fourth-order valence-corrected chi connectivity index (χ4v) is 3.69. The Labute approximate surface area is 175 Å². The molecule has 0 saturated carbocycles. The van der Waals surface area contributed by atoms with Crippen molar-refractivity contribution in [2.75, 3.05) is 19.6 Å². The van der Waals surface area contributed by atoms with Crippen molar-refractivity contribution in [3.63, 3.8) is 0 Å². The number of carbonyl (C=O) groups is 1. The standard InChI is InChI=1S/C23H23ClN4O/c1-2-28-13-11-18(12-14-28)26-27-23(29)20-15-22(16-7-9-17(24)10-8-16)25-21-6-4-3-5-19(20)21/h3-10,15H,2,11-14H2,1H3,(H,27,29). The lowest BCUT2D eigenvalue weighted by Crippen LogP contribution is -2.34. The van der Waals surface area contributed by atoms with Crippen molar-refractivity contribution in [1.29, 1.82) is 0 Å². The first-order valence-corrected chi connectivity index (χ1v) is 10.3. The van der Waals surface area contributed by atoms with E-state index in [-0.39, 0.29) is 5.91 Å². The summed E-state index contributed by atoms with van der Waals surface area (Å²) < 4.78 is 0. The number of nitrogens with one attached hydrogen (secondary N) is 1. The largest absolute Gasteiger partial charge is 0.303 e. The summed E-state index contributed by atoms with van der Waals surface area (Å²) in [5.41, 5.74) is 6.78. The number of hydrogen-bond donors (Lipinski definition) is 1. The van der Waals surface area contributed by atoms with Gasteiger partial charge < -0.3 is 4.90 Å². The third-order valence-electron chi connectivity index (χ3n) is 5.30. The van der Waals surface area contributed by atoms with Crippen molar-refractivity contribution in [1.82, 2.24) is 15.3 Å². The molecule has 1 N–H and O–H groups in total. The van der Waals surface area contributed by atoms with E-state index in [1.54, 1.807) is 0 Å². The molecule has 1 aromatic heterocycles. The molecule has 1 fully saturated rings. The smallest absolute Gasteiger partial charge is 0.272 e. The topological polar surface area (TPSA) is 57.6 Å². The van der Waals surface area contributed by atoms with Crippen LogP contribution in [0.5, 0.6) is 0 Å². The van der Waals surface area contributed by atoms with Gasteiger partial charge in [0.15, 0.2) is 0 Å². The molecule has 1 saturated heterocycles. The molecule has 0 unspecified atom stereocenters. The lowest BCUT2D eigenvalue weighted by Gasteiger charge is -2.25. The zero-order valence-electron chi connectivity index (χ0n) is 16.4.